The number of hydrogen-bond acceptors (Lipinski definition) is 5. The lowest BCUT2D eigenvalue weighted by molar-refractivity contribution is 0.326. The molecule has 0 fully saturated rings. The third-order valence-electron chi connectivity index (χ3n) is 4.22. The van der Waals surface area contributed by atoms with Crippen LogP contribution in [0, 0.1) is 13.8 Å². The standard InChI is InChI=1S/C16H15N3O3/c1-7-5-10-11(6-8(7)2)21-4-3-9-13-12(15(17)19-18-13)16(20)22-14(9)10/h5-6H,3-4H2,1-2H3,(H3,17,18,19). The Bertz CT molecular complexity index is 969. The largest absolute Gasteiger partial charge is 0.492 e. The molecule has 1 aliphatic rings. The summed E-state index contributed by atoms with van der Waals surface area (Å²) in [4.78, 5) is 12.3. The molecule has 3 N–H and O–H groups in total. The van der Waals surface area contributed by atoms with E-state index < -0.39 is 5.63 Å². The average molecular weight is 297 g/mol. The molecule has 3 heterocycles. The van der Waals surface area contributed by atoms with Crippen molar-refractivity contribution in [3.05, 3.63) is 39.2 Å². The number of nitrogen functional groups attached to an aromatic ring is 1. The normalized spacial score (nSPS) is 13.4. The van der Waals surface area contributed by atoms with Crippen molar-refractivity contribution < 1.29 is 9.15 Å². The second-order valence-electron chi connectivity index (χ2n) is 5.59. The molecule has 0 saturated heterocycles. The Morgan fingerprint density at radius 1 is 1.27 bits per heavy atom. The van der Waals surface area contributed by atoms with E-state index in [1.807, 2.05) is 26.0 Å². The van der Waals surface area contributed by atoms with E-state index in [9.17, 15) is 4.79 Å². The third kappa shape index (κ3) is 1.67. The molecule has 0 atom stereocenters. The predicted octanol–water partition coefficient (Wildman–Crippen LogP) is 2.32. The molecule has 6 nitrogen and oxygen atoms in total. The van der Waals surface area contributed by atoms with Crippen molar-refractivity contribution in [2.45, 2.75) is 20.3 Å². The Balaban J connectivity index is 2.13. The highest BCUT2D eigenvalue weighted by Gasteiger charge is 2.24. The van der Waals surface area contributed by atoms with Gasteiger partial charge in [0.1, 0.15) is 16.9 Å². The highest BCUT2D eigenvalue weighted by atomic mass is 16.5. The van der Waals surface area contributed by atoms with Gasteiger partial charge < -0.3 is 14.9 Å². The Hall–Kier alpha value is -2.76. The SMILES string of the molecule is Cc1cc2c(cc1C)-c1oc(=O)c3c(N)n[nH]c3c1CCO2. The van der Waals surface area contributed by atoms with Crippen LogP contribution in [-0.4, -0.2) is 16.8 Å². The smallest absolute Gasteiger partial charge is 0.349 e. The number of anilines is 1. The van der Waals surface area contributed by atoms with Gasteiger partial charge >= 0.3 is 5.63 Å². The second kappa shape index (κ2) is 4.37. The minimum absolute atomic E-state index is 0.164. The summed E-state index contributed by atoms with van der Waals surface area (Å²) in [7, 11) is 0. The zero-order valence-electron chi connectivity index (χ0n) is 12.3. The molecular formula is C16H15N3O3. The van der Waals surface area contributed by atoms with Crippen molar-refractivity contribution in [2.24, 2.45) is 0 Å². The molecule has 112 valence electrons. The van der Waals surface area contributed by atoms with E-state index in [0.717, 1.165) is 28.0 Å². The lowest BCUT2D eigenvalue weighted by Crippen LogP contribution is -2.06. The van der Waals surface area contributed by atoms with E-state index in [4.69, 9.17) is 14.9 Å². The highest BCUT2D eigenvalue weighted by Crippen LogP contribution is 2.38. The molecule has 4 rings (SSSR count). The van der Waals surface area contributed by atoms with Crippen molar-refractivity contribution >= 4 is 16.7 Å². The maximum Gasteiger partial charge on any atom is 0.349 e. The van der Waals surface area contributed by atoms with Crippen LogP contribution in [-0.2, 0) is 6.42 Å². The molecule has 22 heavy (non-hydrogen) atoms. The first-order chi connectivity index (χ1) is 10.6. The molecule has 1 aromatic carbocycles. The summed E-state index contributed by atoms with van der Waals surface area (Å²) < 4.78 is 11.4. The summed E-state index contributed by atoms with van der Waals surface area (Å²) in [5.74, 6) is 1.44. The molecule has 0 saturated carbocycles. The molecular weight excluding hydrogens is 282 g/mol. The van der Waals surface area contributed by atoms with Crippen LogP contribution in [0.25, 0.3) is 22.2 Å². The van der Waals surface area contributed by atoms with Crippen LogP contribution in [0.5, 0.6) is 5.75 Å². The lowest BCUT2D eigenvalue weighted by Gasteiger charge is -2.10. The number of H-pyrrole nitrogens is 1. The highest BCUT2D eigenvalue weighted by molar-refractivity contribution is 5.93. The Kier molecular flexibility index (Phi) is 2.57. The zero-order chi connectivity index (χ0) is 15.4. The van der Waals surface area contributed by atoms with Gasteiger partial charge in [-0.15, -0.1) is 0 Å². The Morgan fingerprint density at radius 2 is 2.05 bits per heavy atom. The number of fused-ring (bicyclic) bond motifs is 5. The van der Waals surface area contributed by atoms with Crippen molar-refractivity contribution in [1.29, 1.82) is 0 Å². The molecule has 0 spiro atoms. The van der Waals surface area contributed by atoms with Crippen molar-refractivity contribution in [3.63, 3.8) is 0 Å². The fraction of sp³-hybridized carbons (Fsp3) is 0.250. The number of nitrogens with one attached hydrogen (secondary N) is 1. The molecule has 0 radical (unpaired) electrons. The number of hydrogen-bond donors (Lipinski definition) is 2. The quantitative estimate of drug-likeness (QED) is 0.664. The van der Waals surface area contributed by atoms with Crippen LogP contribution in [0.15, 0.2) is 21.3 Å². The number of benzene rings is 1. The van der Waals surface area contributed by atoms with Crippen LogP contribution in [0.4, 0.5) is 5.82 Å². The molecule has 3 aromatic rings. The summed E-state index contributed by atoms with van der Waals surface area (Å²) >= 11 is 0. The van der Waals surface area contributed by atoms with Gasteiger partial charge in [-0.05, 0) is 37.1 Å². The van der Waals surface area contributed by atoms with Gasteiger partial charge in [0.2, 0.25) is 0 Å². The molecule has 0 unspecified atom stereocenters. The first kappa shape index (κ1) is 12.9. The van der Waals surface area contributed by atoms with E-state index >= 15 is 0 Å². The maximum absolute atomic E-state index is 12.3. The maximum atomic E-state index is 12.3. The molecule has 0 aliphatic carbocycles. The number of aromatic nitrogens is 2. The van der Waals surface area contributed by atoms with Gasteiger partial charge in [0.15, 0.2) is 5.82 Å². The van der Waals surface area contributed by atoms with Crippen LogP contribution >= 0.6 is 0 Å². The van der Waals surface area contributed by atoms with E-state index in [1.165, 1.54) is 0 Å². The van der Waals surface area contributed by atoms with Gasteiger partial charge in [0.05, 0.1) is 17.7 Å². The van der Waals surface area contributed by atoms with Crippen molar-refractivity contribution in [3.8, 4) is 17.1 Å². The summed E-state index contributed by atoms with van der Waals surface area (Å²) in [6.07, 6.45) is 0.615. The molecule has 0 amide bonds. The lowest BCUT2D eigenvalue weighted by atomic mass is 9.99. The van der Waals surface area contributed by atoms with Crippen molar-refractivity contribution in [1.82, 2.24) is 10.2 Å². The molecule has 2 aromatic heterocycles. The number of ether oxygens (including phenoxy) is 1. The Labute approximate surface area is 125 Å². The van der Waals surface area contributed by atoms with Gasteiger partial charge in [-0.1, -0.05) is 0 Å². The minimum atomic E-state index is -0.480. The van der Waals surface area contributed by atoms with E-state index in [-0.39, 0.29) is 5.82 Å². The van der Waals surface area contributed by atoms with E-state index in [1.54, 1.807) is 0 Å². The van der Waals surface area contributed by atoms with Crippen LogP contribution < -0.4 is 16.1 Å². The summed E-state index contributed by atoms with van der Waals surface area (Å²) in [6, 6.07) is 3.97. The average Bonchev–Trinajstić information content (AvgIpc) is 2.79. The third-order valence-corrected chi connectivity index (χ3v) is 4.22. The van der Waals surface area contributed by atoms with E-state index in [0.29, 0.717) is 29.7 Å². The van der Waals surface area contributed by atoms with E-state index in [2.05, 4.69) is 10.2 Å². The fourth-order valence-electron chi connectivity index (χ4n) is 2.91. The predicted molar refractivity (Wildman–Crippen MR) is 83.2 cm³/mol. The van der Waals surface area contributed by atoms with Crippen LogP contribution in [0.3, 0.4) is 0 Å². The van der Waals surface area contributed by atoms with Gasteiger partial charge in [-0.2, -0.15) is 5.10 Å². The first-order valence-corrected chi connectivity index (χ1v) is 7.10. The van der Waals surface area contributed by atoms with Gasteiger partial charge in [0.25, 0.3) is 0 Å². The summed E-state index contributed by atoms with van der Waals surface area (Å²) in [5.41, 5.74) is 9.83. The minimum Gasteiger partial charge on any atom is -0.492 e. The van der Waals surface area contributed by atoms with Crippen LogP contribution in [0.1, 0.15) is 16.7 Å². The second-order valence-corrected chi connectivity index (χ2v) is 5.59. The van der Waals surface area contributed by atoms with Gasteiger partial charge in [-0.25, -0.2) is 4.79 Å². The monoisotopic (exact) mass is 297 g/mol. The zero-order valence-corrected chi connectivity index (χ0v) is 12.3. The fourth-order valence-corrected chi connectivity index (χ4v) is 2.91. The van der Waals surface area contributed by atoms with Crippen LogP contribution in [0.2, 0.25) is 0 Å². The summed E-state index contributed by atoms with van der Waals surface area (Å²) in [5, 5.41) is 7.10. The van der Waals surface area contributed by atoms with Crippen molar-refractivity contribution in [2.75, 3.05) is 12.3 Å². The summed E-state index contributed by atoms with van der Waals surface area (Å²) in [6.45, 7) is 4.55. The van der Waals surface area contributed by atoms with Gasteiger partial charge in [-0.3, -0.25) is 5.10 Å². The number of aryl methyl sites for hydroxylation is 2. The number of nitrogens with zero attached hydrogens (tertiary/aromatic N) is 1. The molecule has 0 bridgehead atoms. The number of nitrogens with two attached hydrogens (primary N) is 1. The molecule has 1 aliphatic heterocycles. The first-order valence-electron chi connectivity index (χ1n) is 7.10. The Morgan fingerprint density at radius 3 is 2.86 bits per heavy atom. The number of aromatic amines is 1. The molecule has 6 heteroatoms. The van der Waals surface area contributed by atoms with Gasteiger partial charge in [0, 0.05) is 12.0 Å². The number of rotatable bonds is 0. The topological polar surface area (TPSA) is 94.1 Å².